The summed E-state index contributed by atoms with van der Waals surface area (Å²) in [5, 5.41) is 7.70. The third-order valence-corrected chi connectivity index (χ3v) is 6.94. The van der Waals surface area contributed by atoms with Gasteiger partial charge in [-0.15, -0.1) is 0 Å². The monoisotopic (exact) mass is 521 g/mol. The van der Waals surface area contributed by atoms with Crippen LogP contribution in [0, 0.1) is 17.3 Å². The lowest BCUT2D eigenvalue weighted by atomic mass is 9.85. The number of hydrogen-bond acceptors (Lipinski definition) is 7. The number of amides is 5. The maximum Gasteiger partial charge on any atom is 0.325 e. The van der Waals surface area contributed by atoms with E-state index in [1.54, 1.807) is 20.8 Å². The molecule has 206 valence electrons. The van der Waals surface area contributed by atoms with Crippen LogP contribution in [-0.2, 0) is 28.7 Å². The van der Waals surface area contributed by atoms with Crippen LogP contribution >= 0.6 is 0 Å². The predicted octanol–water partition coefficient (Wildman–Crippen LogP) is -0.0162. The molecule has 5 N–H and O–H groups in total. The van der Waals surface area contributed by atoms with Crippen molar-refractivity contribution >= 4 is 35.5 Å². The summed E-state index contributed by atoms with van der Waals surface area (Å²) in [5.41, 5.74) is 4.46. The van der Waals surface area contributed by atoms with Gasteiger partial charge in [-0.05, 0) is 49.4 Å². The number of ketones is 1. The molecule has 0 aromatic carbocycles. The quantitative estimate of drug-likeness (QED) is 0.206. The third-order valence-electron chi connectivity index (χ3n) is 6.94. The SMILES string of the molecule is CC(C)(C)C(NC(=O)NCC(=O)OCC1CC1)C(=O)N1CCCC1C(=O)NC(CC1CC1)C(=O)C(N)=O. The van der Waals surface area contributed by atoms with E-state index in [-0.39, 0.29) is 12.5 Å². The van der Waals surface area contributed by atoms with Gasteiger partial charge >= 0.3 is 12.0 Å². The van der Waals surface area contributed by atoms with E-state index in [1.807, 2.05) is 0 Å². The topological polar surface area (TPSA) is 177 Å². The van der Waals surface area contributed by atoms with E-state index < -0.39 is 59.0 Å². The van der Waals surface area contributed by atoms with Crippen molar-refractivity contribution in [3.05, 3.63) is 0 Å². The molecule has 0 spiro atoms. The summed E-state index contributed by atoms with van der Waals surface area (Å²) in [7, 11) is 0. The molecule has 3 fully saturated rings. The van der Waals surface area contributed by atoms with Gasteiger partial charge in [-0.3, -0.25) is 24.0 Å². The average molecular weight is 522 g/mol. The Morgan fingerprint density at radius 1 is 0.973 bits per heavy atom. The number of nitrogens with zero attached hydrogens (tertiary/aromatic N) is 1. The fraction of sp³-hybridized carbons (Fsp3) is 0.760. The lowest BCUT2D eigenvalue weighted by Crippen LogP contribution is -2.60. The smallest absolute Gasteiger partial charge is 0.325 e. The lowest BCUT2D eigenvalue weighted by molar-refractivity contribution is -0.143. The molecule has 12 heteroatoms. The first-order valence-electron chi connectivity index (χ1n) is 13.0. The number of nitrogens with one attached hydrogen (secondary N) is 3. The number of urea groups is 1. The molecular weight excluding hydrogens is 482 g/mol. The minimum atomic E-state index is -1.11. The highest BCUT2D eigenvalue weighted by molar-refractivity contribution is 6.37. The molecule has 1 heterocycles. The minimum Gasteiger partial charge on any atom is -0.464 e. The van der Waals surface area contributed by atoms with Gasteiger partial charge < -0.3 is 31.3 Å². The maximum atomic E-state index is 13.6. The minimum absolute atomic E-state index is 0.258. The zero-order valence-electron chi connectivity index (χ0n) is 21.8. The van der Waals surface area contributed by atoms with Crippen molar-refractivity contribution in [2.45, 2.75) is 83.8 Å². The fourth-order valence-electron chi connectivity index (χ4n) is 4.36. The van der Waals surface area contributed by atoms with Gasteiger partial charge in [0.25, 0.3) is 5.91 Å². The Hall–Kier alpha value is -3.18. The van der Waals surface area contributed by atoms with Gasteiger partial charge in [-0.1, -0.05) is 33.6 Å². The Bertz CT molecular complexity index is 923. The summed E-state index contributed by atoms with van der Waals surface area (Å²) < 4.78 is 5.09. The average Bonchev–Trinajstić information content (AvgIpc) is 3.76. The van der Waals surface area contributed by atoms with Crippen LogP contribution in [-0.4, -0.2) is 78.2 Å². The van der Waals surface area contributed by atoms with Crippen molar-refractivity contribution in [1.29, 1.82) is 0 Å². The zero-order valence-corrected chi connectivity index (χ0v) is 21.8. The summed E-state index contributed by atoms with van der Waals surface area (Å²) in [4.78, 5) is 76.2. The second-order valence-corrected chi connectivity index (χ2v) is 11.4. The molecule has 3 rings (SSSR count). The second-order valence-electron chi connectivity index (χ2n) is 11.4. The Morgan fingerprint density at radius 2 is 1.62 bits per heavy atom. The van der Waals surface area contributed by atoms with Crippen LogP contribution in [0.4, 0.5) is 4.79 Å². The number of ether oxygens (including phenoxy) is 1. The molecule has 0 aromatic rings. The number of nitrogens with two attached hydrogens (primary N) is 1. The van der Waals surface area contributed by atoms with Crippen LogP contribution in [0.2, 0.25) is 0 Å². The van der Waals surface area contributed by atoms with Gasteiger partial charge in [-0.25, -0.2) is 4.79 Å². The van der Waals surface area contributed by atoms with Gasteiger partial charge in [0.15, 0.2) is 0 Å². The summed E-state index contributed by atoms with van der Waals surface area (Å²) in [5.74, 6) is -2.82. The predicted molar refractivity (Wildman–Crippen MR) is 132 cm³/mol. The van der Waals surface area contributed by atoms with Gasteiger partial charge in [-0.2, -0.15) is 0 Å². The van der Waals surface area contributed by atoms with Crippen molar-refractivity contribution < 1.29 is 33.5 Å². The Morgan fingerprint density at radius 3 is 2.19 bits per heavy atom. The number of Topliss-reactive ketones (excluding diaryl/α,β-unsaturated/α-hetero) is 1. The number of primary amides is 1. The highest BCUT2D eigenvalue weighted by atomic mass is 16.5. The molecule has 3 aliphatic rings. The number of carbonyl (C=O) groups excluding carboxylic acids is 6. The van der Waals surface area contributed by atoms with E-state index in [0.29, 0.717) is 38.3 Å². The molecule has 1 saturated heterocycles. The van der Waals surface area contributed by atoms with Crippen molar-refractivity contribution in [2.24, 2.45) is 23.0 Å². The van der Waals surface area contributed by atoms with E-state index in [1.165, 1.54) is 4.90 Å². The number of esters is 1. The van der Waals surface area contributed by atoms with Crippen LogP contribution < -0.4 is 21.7 Å². The number of likely N-dealkylation sites (tertiary alicyclic amines) is 1. The molecule has 0 aromatic heterocycles. The Kier molecular flexibility index (Phi) is 9.14. The fourth-order valence-corrected chi connectivity index (χ4v) is 4.36. The second kappa shape index (κ2) is 11.9. The molecule has 0 radical (unpaired) electrons. The first-order chi connectivity index (χ1) is 17.4. The lowest BCUT2D eigenvalue weighted by Gasteiger charge is -2.35. The summed E-state index contributed by atoms with van der Waals surface area (Å²) in [6.07, 6.45) is 5.20. The van der Waals surface area contributed by atoms with E-state index in [2.05, 4.69) is 16.0 Å². The van der Waals surface area contributed by atoms with E-state index in [9.17, 15) is 28.8 Å². The van der Waals surface area contributed by atoms with E-state index in [4.69, 9.17) is 10.5 Å². The third kappa shape index (κ3) is 8.43. The van der Waals surface area contributed by atoms with Crippen LogP contribution in [0.5, 0.6) is 0 Å². The molecule has 2 aliphatic carbocycles. The number of hydrogen-bond donors (Lipinski definition) is 4. The normalized spacial score (nSPS) is 20.9. The van der Waals surface area contributed by atoms with Gasteiger partial charge in [0.2, 0.25) is 17.6 Å². The van der Waals surface area contributed by atoms with Crippen LogP contribution in [0.25, 0.3) is 0 Å². The van der Waals surface area contributed by atoms with Gasteiger partial charge in [0.05, 0.1) is 12.6 Å². The molecular formula is C25H39N5O7. The highest BCUT2D eigenvalue weighted by Crippen LogP contribution is 2.34. The van der Waals surface area contributed by atoms with E-state index >= 15 is 0 Å². The summed E-state index contributed by atoms with van der Waals surface area (Å²) in [6.45, 7) is 5.66. The first kappa shape index (κ1) is 28.4. The molecule has 2 saturated carbocycles. The molecule has 5 amide bonds. The standard InChI is InChI=1S/C25H39N5O7/c1-25(2,3)20(29-24(36)27-12-18(31)37-13-15-8-9-15)23(35)30-10-4-5-17(30)22(34)28-16(11-14-6-7-14)19(32)21(26)33/h14-17,20H,4-13H2,1-3H3,(H2,26,33)(H,28,34)(H2,27,29,36). The molecule has 12 nitrogen and oxygen atoms in total. The highest BCUT2D eigenvalue weighted by Gasteiger charge is 2.43. The number of rotatable bonds is 12. The van der Waals surface area contributed by atoms with Crippen molar-refractivity contribution in [2.75, 3.05) is 19.7 Å². The summed E-state index contributed by atoms with van der Waals surface area (Å²) >= 11 is 0. The molecule has 3 atom stereocenters. The molecule has 37 heavy (non-hydrogen) atoms. The largest absolute Gasteiger partial charge is 0.464 e. The van der Waals surface area contributed by atoms with Crippen molar-refractivity contribution in [3.63, 3.8) is 0 Å². The van der Waals surface area contributed by atoms with E-state index in [0.717, 1.165) is 25.7 Å². The molecule has 3 unspecified atom stereocenters. The molecule has 0 bridgehead atoms. The van der Waals surface area contributed by atoms with Crippen LogP contribution in [0.15, 0.2) is 0 Å². The Balaban J connectivity index is 1.60. The van der Waals surface area contributed by atoms with Crippen LogP contribution in [0.3, 0.4) is 0 Å². The molecule has 1 aliphatic heterocycles. The number of carbonyl (C=O) groups is 6. The first-order valence-corrected chi connectivity index (χ1v) is 13.0. The van der Waals surface area contributed by atoms with Crippen LogP contribution in [0.1, 0.15) is 65.7 Å². The summed E-state index contributed by atoms with van der Waals surface area (Å²) in [6, 6.07) is -3.55. The van der Waals surface area contributed by atoms with Crippen molar-refractivity contribution in [3.8, 4) is 0 Å². The van der Waals surface area contributed by atoms with Gasteiger partial charge in [0.1, 0.15) is 18.6 Å². The Labute approximate surface area is 216 Å². The van der Waals surface area contributed by atoms with Gasteiger partial charge in [0, 0.05) is 6.54 Å². The zero-order chi connectivity index (χ0) is 27.3. The maximum absolute atomic E-state index is 13.6. The van der Waals surface area contributed by atoms with Crippen molar-refractivity contribution in [1.82, 2.24) is 20.9 Å².